The van der Waals surface area contributed by atoms with Gasteiger partial charge < -0.3 is 10.1 Å². The zero-order valence-corrected chi connectivity index (χ0v) is 15.7. The topological polar surface area (TPSA) is 72.5 Å². The highest BCUT2D eigenvalue weighted by Gasteiger charge is 2.23. The van der Waals surface area contributed by atoms with Gasteiger partial charge >= 0.3 is 5.97 Å². The van der Waals surface area contributed by atoms with Gasteiger partial charge in [-0.3, -0.25) is 9.59 Å². The van der Waals surface area contributed by atoms with E-state index in [2.05, 4.69) is 5.32 Å². The molecule has 0 heterocycles. The number of hydrogen-bond acceptors (Lipinski definition) is 4. The Morgan fingerprint density at radius 2 is 1.59 bits per heavy atom. The third kappa shape index (κ3) is 5.23. The fraction of sp³-hybridized carbons (Fsp3) is 0.286. The lowest BCUT2D eigenvalue weighted by Gasteiger charge is -2.18. The zero-order chi connectivity index (χ0) is 20.2. The van der Waals surface area contributed by atoms with Gasteiger partial charge in [-0.05, 0) is 43.3 Å². The molecule has 0 fully saturated rings. The summed E-state index contributed by atoms with van der Waals surface area (Å²) in [5.74, 6) is -2.17. The molecule has 1 unspecified atom stereocenters. The lowest BCUT2D eigenvalue weighted by Crippen LogP contribution is -2.27. The first kappa shape index (κ1) is 20.3. The number of rotatable bonds is 5. The van der Waals surface area contributed by atoms with E-state index in [1.807, 2.05) is 0 Å². The van der Waals surface area contributed by atoms with Crippen molar-refractivity contribution in [3.63, 3.8) is 0 Å². The fourth-order valence-electron chi connectivity index (χ4n) is 2.18. The van der Waals surface area contributed by atoms with Crippen molar-refractivity contribution in [1.29, 1.82) is 0 Å². The van der Waals surface area contributed by atoms with E-state index < -0.39 is 29.1 Å². The molecule has 1 atom stereocenters. The van der Waals surface area contributed by atoms with Gasteiger partial charge in [0.1, 0.15) is 5.82 Å². The van der Waals surface area contributed by atoms with E-state index in [0.29, 0.717) is 11.3 Å². The highest BCUT2D eigenvalue weighted by atomic mass is 19.1. The Morgan fingerprint density at radius 3 is 2.15 bits per heavy atom. The highest BCUT2D eigenvalue weighted by Crippen LogP contribution is 2.19. The summed E-state index contributed by atoms with van der Waals surface area (Å²) in [7, 11) is 0. The van der Waals surface area contributed by atoms with Gasteiger partial charge in [0, 0.05) is 16.7 Å². The van der Waals surface area contributed by atoms with Crippen molar-refractivity contribution in [2.75, 3.05) is 5.32 Å². The smallest absolute Gasteiger partial charge is 0.341 e. The second-order valence-electron chi connectivity index (χ2n) is 7.17. The van der Waals surface area contributed by atoms with E-state index in [1.54, 1.807) is 32.9 Å². The van der Waals surface area contributed by atoms with Gasteiger partial charge in [0.2, 0.25) is 11.7 Å². The maximum Gasteiger partial charge on any atom is 0.341 e. The first-order valence-corrected chi connectivity index (χ1v) is 8.51. The molecule has 27 heavy (non-hydrogen) atoms. The molecule has 2 aromatic rings. The largest absolute Gasteiger partial charge is 0.451 e. The van der Waals surface area contributed by atoms with Crippen LogP contribution in [-0.4, -0.2) is 23.8 Å². The molecule has 1 amide bonds. The highest BCUT2D eigenvalue weighted by molar-refractivity contribution is 6.02. The summed E-state index contributed by atoms with van der Waals surface area (Å²) in [4.78, 5) is 36.4. The SMILES string of the molecule is CC(OC(=O)c1ccccc1F)C(=O)c1ccc(NC(=O)C(C)(C)C)cc1. The number of esters is 1. The Kier molecular flexibility index (Phi) is 6.10. The van der Waals surface area contributed by atoms with Crippen molar-refractivity contribution in [2.24, 2.45) is 5.41 Å². The summed E-state index contributed by atoms with van der Waals surface area (Å²) in [6.07, 6.45) is -1.08. The Bertz CT molecular complexity index is 853. The molecular formula is C21H22FNO4. The predicted octanol–water partition coefficient (Wildman–Crippen LogP) is 4.24. The summed E-state index contributed by atoms with van der Waals surface area (Å²) < 4.78 is 18.7. The lowest BCUT2D eigenvalue weighted by atomic mass is 9.95. The summed E-state index contributed by atoms with van der Waals surface area (Å²) in [6.45, 7) is 6.82. The number of amides is 1. The average Bonchev–Trinajstić information content (AvgIpc) is 2.61. The Labute approximate surface area is 157 Å². The van der Waals surface area contributed by atoms with Crippen LogP contribution >= 0.6 is 0 Å². The van der Waals surface area contributed by atoms with Gasteiger partial charge in [-0.15, -0.1) is 0 Å². The van der Waals surface area contributed by atoms with E-state index >= 15 is 0 Å². The van der Waals surface area contributed by atoms with Crippen LogP contribution in [0.15, 0.2) is 48.5 Å². The molecule has 1 N–H and O–H groups in total. The van der Waals surface area contributed by atoms with Gasteiger partial charge in [-0.25, -0.2) is 9.18 Å². The first-order chi connectivity index (χ1) is 12.6. The van der Waals surface area contributed by atoms with Gasteiger partial charge in [0.25, 0.3) is 0 Å². The van der Waals surface area contributed by atoms with Crippen molar-refractivity contribution in [2.45, 2.75) is 33.8 Å². The molecule has 0 saturated carbocycles. The van der Waals surface area contributed by atoms with Crippen molar-refractivity contribution in [3.05, 3.63) is 65.5 Å². The number of nitrogens with one attached hydrogen (secondary N) is 1. The maximum atomic E-state index is 13.6. The van der Waals surface area contributed by atoms with Crippen LogP contribution in [0.25, 0.3) is 0 Å². The van der Waals surface area contributed by atoms with Crippen molar-refractivity contribution >= 4 is 23.3 Å². The Hall–Kier alpha value is -3.02. The number of halogens is 1. The standard InChI is InChI=1S/C21H22FNO4/c1-13(27-19(25)16-7-5-6-8-17(16)22)18(24)14-9-11-15(12-10-14)23-20(26)21(2,3)4/h5-13H,1-4H3,(H,23,26). The van der Waals surface area contributed by atoms with Crippen molar-refractivity contribution in [1.82, 2.24) is 0 Å². The minimum Gasteiger partial charge on any atom is -0.451 e. The van der Waals surface area contributed by atoms with Crippen LogP contribution in [-0.2, 0) is 9.53 Å². The lowest BCUT2D eigenvalue weighted by molar-refractivity contribution is -0.123. The second-order valence-corrected chi connectivity index (χ2v) is 7.17. The number of ether oxygens (including phenoxy) is 1. The third-order valence-corrected chi connectivity index (χ3v) is 3.86. The second kappa shape index (κ2) is 8.12. The Morgan fingerprint density at radius 1 is 1.00 bits per heavy atom. The molecule has 0 bridgehead atoms. The minimum atomic E-state index is -1.08. The Balaban J connectivity index is 2.03. The molecule has 0 aromatic heterocycles. The molecule has 5 nitrogen and oxygen atoms in total. The maximum absolute atomic E-state index is 13.6. The number of carbonyl (C=O) groups excluding carboxylic acids is 3. The normalized spacial score (nSPS) is 12.2. The number of Topliss-reactive ketones (excluding diaryl/α,β-unsaturated/α-hetero) is 1. The molecule has 2 rings (SSSR count). The van der Waals surface area contributed by atoms with E-state index in [-0.39, 0.29) is 11.5 Å². The van der Waals surface area contributed by atoms with Crippen molar-refractivity contribution < 1.29 is 23.5 Å². The predicted molar refractivity (Wildman–Crippen MR) is 100 cm³/mol. The molecule has 0 aliphatic heterocycles. The van der Waals surface area contributed by atoms with Gasteiger partial charge in [-0.1, -0.05) is 32.9 Å². The number of ketones is 1. The molecule has 0 aliphatic rings. The fourth-order valence-corrected chi connectivity index (χ4v) is 2.18. The average molecular weight is 371 g/mol. The molecule has 2 aromatic carbocycles. The monoisotopic (exact) mass is 371 g/mol. The van der Waals surface area contributed by atoms with Crippen LogP contribution in [0.3, 0.4) is 0 Å². The quantitative estimate of drug-likeness (QED) is 0.630. The molecule has 0 radical (unpaired) electrons. The van der Waals surface area contributed by atoms with Gasteiger partial charge in [0.15, 0.2) is 6.10 Å². The van der Waals surface area contributed by atoms with E-state index in [9.17, 15) is 18.8 Å². The van der Waals surface area contributed by atoms with Crippen LogP contribution in [0, 0.1) is 11.2 Å². The zero-order valence-electron chi connectivity index (χ0n) is 15.7. The molecule has 142 valence electrons. The number of hydrogen-bond donors (Lipinski definition) is 1. The summed E-state index contributed by atoms with van der Waals surface area (Å²) >= 11 is 0. The van der Waals surface area contributed by atoms with Crippen LogP contribution in [0.1, 0.15) is 48.4 Å². The third-order valence-electron chi connectivity index (χ3n) is 3.86. The number of benzene rings is 2. The van der Waals surface area contributed by atoms with Crippen LogP contribution in [0.4, 0.5) is 10.1 Å². The van der Waals surface area contributed by atoms with Gasteiger partial charge in [0.05, 0.1) is 5.56 Å². The van der Waals surface area contributed by atoms with Crippen molar-refractivity contribution in [3.8, 4) is 0 Å². The molecule has 0 saturated heterocycles. The van der Waals surface area contributed by atoms with Crippen LogP contribution in [0.2, 0.25) is 0 Å². The van der Waals surface area contributed by atoms with Crippen LogP contribution < -0.4 is 5.32 Å². The van der Waals surface area contributed by atoms with E-state index in [0.717, 1.165) is 6.07 Å². The summed E-state index contributed by atoms with van der Waals surface area (Å²) in [5, 5.41) is 2.76. The van der Waals surface area contributed by atoms with E-state index in [4.69, 9.17) is 4.74 Å². The minimum absolute atomic E-state index is 0.145. The van der Waals surface area contributed by atoms with Gasteiger partial charge in [-0.2, -0.15) is 0 Å². The molecule has 6 heteroatoms. The summed E-state index contributed by atoms with van der Waals surface area (Å²) in [6, 6.07) is 11.7. The number of anilines is 1. The molecule has 0 aliphatic carbocycles. The number of carbonyl (C=O) groups is 3. The first-order valence-electron chi connectivity index (χ1n) is 8.51. The molecule has 0 spiro atoms. The van der Waals surface area contributed by atoms with E-state index in [1.165, 1.54) is 37.3 Å². The van der Waals surface area contributed by atoms with Crippen LogP contribution in [0.5, 0.6) is 0 Å². The molecular weight excluding hydrogens is 349 g/mol. The summed E-state index contributed by atoms with van der Waals surface area (Å²) in [5.41, 5.74) is 0.113.